The molecular formula is C11H20N4O2. The minimum atomic E-state index is -0.268. The van der Waals surface area contributed by atoms with Crippen LogP contribution in [0.3, 0.4) is 0 Å². The molecule has 0 aliphatic carbocycles. The lowest BCUT2D eigenvalue weighted by atomic mass is 10.1. The molecule has 0 spiro atoms. The van der Waals surface area contributed by atoms with Crippen LogP contribution in [0.4, 0.5) is 11.6 Å². The van der Waals surface area contributed by atoms with Gasteiger partial charge in [0, 0.05) is 20.7 Å². The fourth-order valence-corrected chi connectivity index (χ4v) is 1.24. The third-order valence-corrected chi connectivity index (χ3v) is 2.48. The molecule has 0 aromatic carbocycles. The van der Waals surface area contributed by atoms with Crippen molar-refractivity contribution in [1.82, 2.24) is 9.97 Å². The first-order valence-corrected chi connectivity index (χ1v) is 5.40. The van der Waals surface area contributed by atoms with Crippen molar-refractivity contribution in [3.8, 4) is 5.75 Å². The maximum absolute atomic E-state index is 5.33. The molecule has 17 heavy (non-hydrogen) atoms. The first-order valence-electron chi connectivity index (χ1n) is 5.40. The standard InChI is InChI=1S/C11H20N4O2/c1-11(2,17-5)6-13-10-8(16-4)9(12-3)14-7-15-10/h7H,6H2,1-5H3,(H2,12,13,14,15). The van der Waals surface area contributed by atoms with Gasteiger partial charge in [-0.25, -0.2) is 9.97 Å². The van der Waals surface area contributed by atoms with Gasteiger partial charge in [-0.1, -0.05) is 0 Å². The number of ether oxygens (including phenoxy) is 2. The fourth-order valence-electron chi connectivity index (χ4n) is 1.24. The summed E-state index contributed by atoms with van der Waals surface area (Å²) in [4.78, 5) is 8.23. The molecule has 0 saturated heterocycles. The summed E-state index contributed by atoms with van der Waals surface area (Å²) in [6.45, 7) is 4.61. The Hall–Kier alpha value is -1.56. The van der Waals surface area contributed by atoms with E-state index in [4.69, 9.17) is 9.47 Å². The second-order valence-corrected chi connectivity index (χ2v) is 4.17. The minimum Gasteiger partial charge on any atom is -0.490 e. The summed E-state index contributed by atoms with van der Waals surface area (Å²) in [6, 6.07) is 0. The molecule has 0 unspecified atom stereocenters. The van der Waals surface area contributed by atoms with E-state index in [1.807, 2.05) is 13.8 Å². The van der Waals surface area contributed by atoms with Gasteiger partial charge in [-0.05, 0) is 13.8 Å². The van der Waals surface area contributed by atoms with Gasteiger partial charge in [0.1, 0.15) is 6.33 Å². The van der Waals surface area contributed by atoms with E-state index < -0.39 is 0 Å². The topological polar surface area (TPSA) is 68.3 Å². The Morgan fingerprint density at radius 3 is 2.41 bits per heavy atom. The van der Waals surface area contributed by atoms with E-state index in [2.05, 4.69) is 20.6 Å². The third kappa shape index (κ3) is 3.45. The number of aromatic nitrogens is 2. The summed E-state index contributed by atoms with van der Waals surface area (Å²) < 4.78 is 10.6. The number of anilines is 2. The van der Waals surface area contributed by atoms with E-state index >= 15 is 0 Å². The number of hydrogen-bond donors (Lipinski definition) is 2. The quantitative estimate of drug-likeness (QED) is 0.782. The Morgan fingerprint density at radius 1 is 1.24 bits per heavy atom. The van der Waals surface area contributed by atoms with Crippen molar-refractivity contribution in [3.05, 3.63) is 6.33 Å². The van der Waals surface area contributed by atoms with Crippen LogP contribution in [0.2, 0.25) is 0 Å². The maximum atomic E-state index is 5.33. The highest BCUT2D eigenvalue weighted by Crippen LogP contribution is 2.28. The van der Waals surface area contributed by atoms with Crippen molar-refractivity contribution in [2.24, 2.45) is 0 Å². The lowest BCUT2D eigenvalue weighted by Gasteiger charge is -2.24. The van der Waals surface area contributed by atoms with E-state index in [9.17, 15) is 0 Å². The monoisotopic (exact) mass is 240 g/mol. The Morgan fingerprint density at radius 2 is 1.88 bits per heavy atom. The lowest BCUT2D eigenvalue weighted by molar-refractivity contribution is 0.0343. The van der Waals surface area contributed by atoms with Gasteiger partial charge in [-0.2, -0.15) is 0 Å². The molecule has 1 aromatic heterocycles. The Balaban J connectivity index is 2.84. The molecule has 0 bridgehead atoms. The Bertz CT molecular complexity index is 368. The van der Waals surface area contributed by atoms with E-state index in [-0.39, 0.29) is 5.60 Å². The number of rotatable bonds is 6. The molecule has 2 N–H and O–H groups in total. The molecule has 0 aliphatic heterocycles. The molecule has 6 heteroatoms. The number of nitrogens with zero attached hydrogens (tertiary/aromatic N) is 2. The van der Waals surface area contributed by atoms with Gasteiger partial charge in [0.2, 0.25) is 5.75 Å². The third-order valence-electron chi connectivity index (χ3n) is 2.48. The summed E-state index contributed by atoms with van der Waals surface area (Å²) in [6.07, 6.45) is 1.48. The molecule has 1 heterocycles. The SMILES string of the molecule is CNc1ncnc(NCC(C)(C)OC)c1OC. The molecule has 0 aliphatic rings. The number of nitrogens with one attached hydrogen (secondary N) is 2. The Kier molecular flexibility index (Phi) is 4.51. The highest BCUT2D eigenvalue weighted by Gasteiger charge is 2.18. The molecule has 0 radical (unpaired) electrons. The fraction of sp³-hybridized carbons (Fsp3) is 0.636. The van der Waals surface area contributed by atoms with Crippen LogP contribution in [-0.2, 0) is 4.74 Å². The second kappa shape index (κ2) is 5.67. The van der Waals surface area contributed by atoms with E-state index in [1.165, 1.54) is 6.33 Å². The van der Waals surface area contributed by atoms with Crippen molar-refractivity contribution in [2.45, 2.75) is 19.4 Å². The summed E-state index contributed by atoms with van der Waals surface area (Å²) in [5, 5.41) is 6.14. The molecule has 0 atom stereocenters. The van der Waals surface area contributed by atoms with Crippen LogP contribution in [0, 0.1) is 0 Å². The van der Waals surface area contributed by atoms with Crippen molar-refractivity contribution in [1.29, 1.82) is 0 Å². The van der Waals surface area contributed by atoms with E-state index in [1.54, 1.807) is 21.3 Å². The van der Waals surface area contributed by atoms with Gasteiger partial charge < -0.3 is 20.1 Å². The lowest BCUT2D eigenvalue weighted by Crippen LogP contribution is -2.32. The molecule has 0 saturated carbocycles. The van der Waals surface area contributed by atoms with Gasteiger partial charge in [-0.3, -0.25) is 0 Å². The van der Waals surface area contributed by atoms with Crippen molar-refractivity contribution in [3.63, 3.8) is 0 Å². The largest absolute Gasteiger partial charge is 0.490 e. The Labute approximate surface area is 102 Å². The van der Waals surface area contributed by atoms with Gasteiger partial charge in [0.25, 0.3) is 0 Å². The summed E-state index contributed by atoms with van der Waals surface area (Å²) in [7, 11) is 5.05. The minimum absolute atomic E-state index is 0.268. The second-order valence-electron chi connectivity index (χ2n) is 4.17. The summed E-state index contributed by atoms with van der Waals surface area (Å²) >= 11 is 0. The van der Waals surface area contributed by atoms with E-state index in [0.717, 1.165) is 0 Å². The predicted octanol–water partition coefficient (Wildman–Crippen LogP) is 1.36. The van der Waals surface area contributed by atoms with E-state index in [0.29, 0.717) is 23.9 Å². The highest BCUT2D eigenvalue weighted by atomic mass is 16.5. The molecule has 6 nitrogen and oxygen atoms in total. The van der Waals surface area contributed by atoms with Gasteiger partial charge in [0.05, 0.1) is 12.7 Å². The van der Waals surface area contributed by atoms with Crippen LogP contribution >= 0.6 is 0 Å². The smallest absolute Gasteiger partial charge is 0.204 e. The molecular weight excluding hydrogens is 220 g/mol. The van der Waals surface area contributed by atoms with Crippen LogP contribution in [0.15, 0.2) is 6.33 Å². The predicted molar refractivity (Wildman–Crippen MR) is 67.7 cm³/mol. The first-order chi connectivity index (χ1) is 8.04. The summed E-state index contributed by atoms with van der Waals surface area (Å²) in [5.41, 5.74) is -0.268. The molecule has 1 aromatic rings. The zero-order valence-corrected chi connectivity index (χ0v) is 11.0. The van der Waals surface area contributed by atoms with Crippen LogP contribution in [0.1, 0.15) is 13.8 Å². The molecule has 96 valence electrons. The zero-order chi connectivity index (χ0) is 12.9. The summed E-state index contributed by atoms with van der Waals surface area (Å²) in [5.74, 6) is 1.90. The van der Waals surface area contributed by atoms with Crippen LogP contribution in [0.5, 0.6) is 5.75 Å². The van der Waals surface area contributed by atoms with Crippen molar-refractivity contribution in [2.75, 3.05) is 38.4 Å². The molecule has 0 fully saturated rings. The van der Waals surface area contributed by atoms with Crippen LogP contribution < -0.4 is 15.4 Å². The zero-order valence-electron chi connectivity index (χ0n) is 11.0. The van der Waals surface area contributed by atoms with Crippen LogP contribution in [-0.4, -0.2) is 43.4 Å². The molecule has 1 rings (SSSR count). The maximum Gasteiger partial charge on any atom is 0.204 e. The number of methoxy groups -OCH3 is 2. The number of hydrogen-bond acceptors (Lipinski definition) is 6. The van der Waals surface area contributed by atoms with Crippen molar-refractivity contribution >= 4 is 11.6 Å². The van der Waals surface area contributed by atoms with Gasteiger partial charge in [-0.15, -0.1) is 0 Å². The average molecular weight is 240 g/mol. The van der Waals surface area contributed by atoms with Gasteiger partial charge in [0.15, 0.2) is 11.6 Å². The first kappa shape index (κ1) is 13.5. The van der Waals surface area contributed by atoms with Crippen molar-refractivity contribution < 1.29 is 9.47 Å². The van der Waals surface area contributed by atoms with Gasteiger partial charge >= 0.3 is 0 Å². The average Bonchev–Trinajstić information content (AvgIpc) is 2.35. The van der Waals surface area contributed by atoms with Crippen LogP contribution in [0.25, 0.3) is 0 Å². The normalized spacial score (nSPS) is 11.1. The molecule has 0 amide bonds. The highest BCUT2D eigenvalue weighted by molar-refractivity contribution is 5.63.